The van der Waals surface area contributed by atoms with Gasteiger partial charge in [0.25, 0.3) is 11.8 Å². The molecular weight excluding hydrogens is 556 g/mol. The fourth-order valence-electron chi connectivity index (χ4n) is 3.49. The number of nitrogens with zero attached hydrogens (tertiary/aromatic N) is 5. The zero-order valence-corrected chi connectivity index (χ0v) is 22.2. The van der Waals surface area contributed by atoms with Crippen molar-refractivity contribution in [1.29, 1.82) is 0 Å². The molecule has 1 saturated heterocycles. The maximum Gasteiger partial charge on any atom is 0.352 e. The van der Waals surface area contributed by atoms with Crippen molar-refractivity contribution in [3.63, 3.8) is 0 Å². The maximum atomic E-state index is 12.9. The molecule has 0 radical (unpaired) electrons. The van der Waals surface area contributed by atoms with Gasteiger partial charge in [0.05, 0.1) is 0 Å². The number of hydrogen-bond acceptors (Lipinski definition) is 13. The predicted molar refractivity (Wildman–Crippen MR) is 141 cm³/mol. The number of amides is 3. The van der Waals surface area contributed by atoms with E-state index in [1.165, 1.54) is 42.9 Å². The number of oxime groups is 1. The highest BCUT2D eigenvalue weighted by Crippen LogP contribution is 2.41. The van der Waals surface area contributed by atoms with E-state index < -0.39 is 29.2 Å². The van der Waals surface area contributed by atoms with Crippen molar-refractivity contribution in [3.8, 4) is 0 Å². The number of nitrogens with one attached hydrogen (secondary N) is 2. The Bertz CT molecular complexity index is 1370. The summed E-state index contributed by atoms with van der Waals surface area (Å²) in [6.07, 6.45) is 1.59. The first-order chi connectivity index (χ1) is 18.2. The van der Waals surface area contributed by atoms with Crippen LogP contribution in [0, 0.1) is 0 Å². The fourth-order valence-corrected chi connectivity index (χ4v) is 5.96. The van der Waals surface area contributed by atoms with Gasteiger partial charge in [0, 0.05) is 18.1 Å². The molecule has 0 bridgehead atoms. The number of aliphatic carboxylic acids is 1. The Kier molecular flexibility index (Phi) is 8.28. The number of carboxylic acids is 1. The number of thiazole rings is 1. The van der Waals surface area contributed by atoms with Crippen molar-refractivity contribution in [1.82, 2.24) is 25.4 Å². The smallest absolute Gasteiger partial charge is 0.352 e. The molecule has 2 aromatic rings. The minimum absolute atomic E-state index is 0.157. The predicted octanol–water partition coefficient (Wildman–Crippen LogP) is 0.869. The van der Waals surface area contributed by atoms with Gasteiger partial charge in [-0.3, -0.25) is 19.3 Å². The number of anilines is 2. The third-order valence-corrected chi connectivity index (χ3v) is 7.76. The lowest BCUT2D eigenvalue weighted by Crippen LogP contribution is -2.71. The number of nitrogen functional groups attached to an aromatic ring is 1. The molecule has 2 atom stereocenters. The molecule has 38 heavy (non-hydrogen) atoms. The summed E-state index contributed by atoms with van der Waals surface area (Å²) >= 11 is 3.61. The lowest BCUT2D eigenvalue weighted by Gasteiger charge is -2.49. The van der Waals surface area contributed by atoms with Crippen molar-refractivity contribution < 1.29 is 29.1 Å². The first-order valence-electron chi connectivity index (χ1n) is 10.7. The van der Waals surface area contributed by atoms with E-state index in [-0.39, 0.29) is 33.9 Å². The number of rotatable bonds is 9. The van der Waals surface area contributed by atoms with Crippen molar-refractivity contribution in [2.75, 3.05) is 23.9 Å². The van der Waals surface area contributed by atoms with Gasteiger partial charge >= 0.3 is 5.97 Å². The highest BCUT2D eigenvalue weighted by atomic mass is 32.2. The molecule has 4 rings (SSSR count). The number of carbonyl (C=O) groups excluding carboxylic acids is 3. The second-order valence-corrected chi connectivity index (χ2v) is 10.5. The zero-order valence-electron chi connectivity index (χ0n) is 19.8. The number of nitrogens with two attached hydrogens (primary N) is 1. The molecule has 3 amide bonds. The Morgan fingerprint density at radius 2 is 2.13 bits per heavy atom. The Balaban J connectivity index is 1.45. The number of carboxylic acid groups (broad SMARTS) is 1. The van der Waals surface area contributed by atoms with Gasteiger partial charge in [-0.05, 0) is 29.2 Å². The Hall–Kier alpha value is -3.96. The molecule has 2 aromatic heterocycles. The molecule has 2 aliphatic heterocycles. The second kappa shape index (κ2) is 11.6. The van der Waals surface area contributed by atoms with E-state index in [0.717, 1.165) is 16.2 Å². The summed E-state index contributed by atoms with van der Waals surface area (Å²) in [6.45, 7) is 1.36. The molecule has 0 aromatic carbocycles. The fraction of sp³-hybridized carbons (Fsp3) is 0.238. The van der Waals surface area contributed by atoms with Gasteiger partial charge in [-0.15, -0.1) is 33.3 Å². The van der Waals surface area contributed by atoms with Crippen LogP contribution in [0.5, 0.6) is 0 Å². The summed E-state index contributed by atoms with van der Waals surface area (Å²) < 4.78 is 0. The Morgan fingerprint density at radius 1 is 1.34 bits per heavy atom. The van der Waals surface area contributed by atoms with Crippen molar-refractivity contribution in [2.45, 2.75) is 23.4 Å². The summed E-state index contributed by atoms with van der Waals surface area (Å²) in [4.78, 5) is 58.8. The largest absolute Gasteiger partial charge is 0.477 e. The van der Waals surface area contributed by atoms with Crippen molar-refractivity contribution in [3.05, 3.63) is 46.0 Å². The van der Waals surface area contributed by atoms with Crippen molar-refractivity contribution in [2.24, 2.45) is 5.16 Å². The lowest BCUT2D eigenvalue weighted by atomic mass is 10.0. The van der Waals surface area contributed by atoms with Crippen LogP contribution in [0.25, 0.3) is 0 Å². The number of thioether (sulfide) groups is 2. The topological polar surface area (TPSA) is 202 Å². The van der Waals surface area contributed by atoms with Gasteiger partial charge < -0.3 is 26.3 Å². The third kappa shape index (κ3) is 5.79. The van der Waals surface area contributed by atoms with Crippen LogP contribution >= 0.6 is 34.9 Å². The highest BCUT2D eigenvalue weighted by molar-refractivity contribution is 8.02. The number of carbonyl (C=O) groups is 4. The standard InChI is InChI=1S/C21H20N8O6S3/c1-9(30)23-12-3-4-13(27-26-12)36-6-5-10-7-37-19-15(18(32)29(19)16(10)20(33)34)25-17(31)14(28-35-2)11-8-38-21(22)24-11/h3-6,8,15,19H,7H2,1-2H3,(H2,22,24)(H,25,31)(H,33,34)(H,23,26,30). The Labute approximate surface area is 227 Å². The molecule has 1 fully saturated rings. The summed E-state index contributed by atoms with van der Waals surface area (Å²) in [5, 5.41) is 29.8. The molecule has 2 aliphatic rings. The van der Waals surface area contributed by atoms with Crippen LogP contribution in [0.3, 0.4) is 0 Å². The summed E-state index contributed by atoms with van der Waals surface area (Å²) in [6, 6.07) is 2.28. The number of hydrogen-bond donors (Lipinski definition) is 4. The van der Waals surface area contributed by atoms with Crippen LogP contribution < -0.4 is 16.4 Å². The first-order valence-corrected chi connectivity index (χ1v) is 13.5. The van der Waals surface area contributed by atoms with Crippen molar-refractivity contribution >= 4 is 75.2 Å². The molecule has 2 unspecified atom stereocenters. The number of fused-ring (bicyclic) bond motifs is 1. The van der Waals surface area contributed by atoms with Gasteiger partial charge in [-0.1, -0.05) is 16.9 Å². The van der Waals surface area contributed by atoms with Gasteiger partial charge in [-0.2, -0.15) is 0 Å². The number of β-lactam (4-membered cyclic amide) rings is 1. The molecular formula is C21H20N8O6S3. The summed E-state index contributed by atoms with van der Waals surface area (Å²) in [5.41, 5.74) is 5.93. The molecule has 198 valence electrons. The van der Waals surface area contributed by atoms with Gasteiger partial charge in [0.2, 0.25) is 5.91 Å². The van der Waals surface area contributed by atoms with Gasteiger partial charge in [0.15, 0.2) is 16.7 Å². The molecule has 17 heteroatoms. The molecule has 5 N–H and O–H groups in total. The first kappa shape index (κ1) is 27.1. The molecule has 4 heterocycles. The van der Waals surface area contributed by atoms with E-state index in [1.54, 1.807) is 23.6 Å². The summed E-state index contributed by atoms with van der Waals surface area (Å²) in [7, 11) is 1.26. The quantitative estimate of drug-likeness (QED) is 0.142. The van der Waals surface area contributed by atoms with Crippen LogP contribution in [0.2, 0.25) is 0 Å². The number of allylic oxidation sites excluding steroid dienone is 1. The van der Waals surface area contributed by atoms with E-state index in [9.17, 15) is 24.3 Å². The second-order valence-electron chi connectivity index (χ2n) is 7.59. The molecule has 14 nitrogen and oxygen atoms in total. The van der Waals surface area contributed by atoms with E-state index in [2.05, 4.69) is 31.0 Å². The van der Waals surface area contributed by atoms with Crippen LogP contribution in [0.15, 0.2) is 50.4 Å². The van der Waals surface area contributed by atoms with E-state index in [1.807, 2.05) is 0 Å². The van der Waals surface area contributed by atoms with Crippen LogP contribution in [-0.2, 0) is 24.0 Å². The minimum atomic E-state index is -1.27. The van der Waals surface area contributed by atoms with Crippen LogP contribution in [0.1, 0.15) is 12.6 Å². The highest BCUT2D eigenvalue weighted by Gasteiger charge is 2.54. The van der Waals surface area contributed by atoms with Crippen LogP contribution in [-0.4, -0.2) is 78.9 Å². The van der Waals surface area contributed by atoms with E-state index >= 15 is 0 Å². The molecule has 0 saturated carbocycles. The van der Waals surface area contributed by atoms with Crippen LogP contribution in [0.4, 0.5) is 10.9 Å². The van der Waals surface area contributed by atoms with E-state index in [0.29, 0.717) is 16.4 Å². The third-order valence-electron chi connectivity index (χ3n) is 5.05. The normalized spacial score (nSPS) is 19.2. The SMILES string of the molecule is CON=C(C(=O)NC1C(=O)N2C(C(=O)O)=C(C=CSc3ccc(NC(C)=O)nn3)CSC12)c1csc(N)n1. The average Bonchev–Trinajstić information content (AvgIpc) is 3.31. The zero-order chi connectivity index (χ0) is 27.4. The number of aromatic nitrogens is 3. The molecule has 0 aliphatic carbocycles. The Morgan fingerprint density at radius 3 is 2.74 bits per heavy atom. The van der Waals surface area contributed by atoms with Gasteiger partial charge in [0.1, 0.15) is 34.9 Å². The average molecular weight is 577 g/mol. The monoisotopic (exact) mass is 576 g/mol. The molecule has 0 spiro atoms. The van der Waals surface area contributed by atoms with Gasteiger partial charge in [-0.25, -0.2) is 9.78 Å². The summed E-state index contributed by atoms with van der Waals surface area (Å²) in [5.74, 6) is -2.21. The maximum absolute atomic E-state index is 12.9. The minimum Gasteiger partial charge on any atom is -0.477 e. The van der Waals surface area contributed by atoms with E-state index in [4.69, 9.17) is 10.6 Å². The lowest BCUT2D eigenvalue weighted by molar-refractivity contribution is -0.150.